The van der Waals surface area contributed by atoms with Crippen molar-refractivity contribution in [2.45, 2.75) is 24.1 Å². The van der Waals surface area contributed by atoms with Gasteiger partial charge < -0.3 is 19.2 Å². The summed E-state index contributed by atoms with van der Waals surface area (Å²) in [6.45, 7) is 2.12. The van der Waals surface area contributed by atoms with Crippen LogP contribution >= 0.6 is 23.5 Å². The number of hydrogen-bond acceptors (Lipinski definition) is 8. The summed E-state index contributed by atoms with van der Waals surface area (Å²) < 4.78 is 9.47. The van der Waals surface area contributed by atoms with Gasteiger partial charge in [-0.15, -0.1) is 23.5 Å². The molecular weight excluding hydrogens is 408 g/mol. The highest BCUT2D eigenvalue weighted by atomic mass is 32.2. The molecule has 0 aliphatic carbocycles. The molecule has 3 heterocycles. The maximum atomic E-state index is 13.0. The van der Waals surface area contributed by atoms with Gasteiger partial charge in [0.25, 0.3) is 5.91 Å². The zero-order valence-electron chi connectivity index (χ0n) is 15.5. The van der Waals surface area contributed by atoms with Crippen molar-refractivity contribution in [3.8, 4) is 0 Å². The molecule has 3 atom stereocenters. The first kappa shape index (κ1) is 20.6. The molecule has 2 unspecified atom stereocenters. The number of nitrogens with zero attached hydrogens (tertiary/aromatic N) is 2. The van der Waals surface area contributed by atoms with E-state index in [0.717, 1.165) is 0 Å². The van der Waals surface area contributed by atoms with Gasteiger partial charge in [-0.05, 0) is 12.3 Å². The predicted octanol–water partition coefficient (Wildman–Crippen LogP) is 1.24. The average molecular weight is 428 g/mol. The second-order valence-electron chi connectivity index (χ2n) is 6.66. The Morgan fingerprint density at radius 3 is 2.68 bits per heavy atom. The van der Waals surface area contributed by atoms with Gasteiger partial charge in [0.1, 0.15) is 12.0 Å². The van der Waals surface area contributed by atoms with Crippen molar-refractivity contribution in [2.75, 3.05) is 30.1 Å². The predicted molar refractivity (Wildman–Crippen MR) is 103 cm³/mol. The van der Waals surface area contributed by atoms with E-state index in [0.29, 0.717) is 0 Å². The van der Waals surface area contributed by atoms with E-state index in [1.165, 1.54) is 53.4 Å². The quantitative estimate of drug-likeness (QED) is 0.527. The minimum absolute atomic E-state index is 0.108. The lowest BCUT2D eigenvalue weighted by Gasteiger charge is -2.62. The molecule has 2 amide bonds. The Morgan fingerprint density at radius 2 is 2.18 bits per heavy atom. The van der Waals surface area contributed by atoms with Gasteiger partial charge in [0, 0.05) is 32.2 Å². The van der Waals surface area contributed by atoms with Crippen LogP contribution in [0.4, 0.5) is 5.88 Å². The zero-order chi connectivity index (χ0) is 20.7. The van der Waals surface area contributed by atoms with Crippen molar-refractivity contribution in [1.29, 1.82) is 0 Å². The maximum Gasteiger partial charge on any atom is 0.315 e. The Bertz CT molecular complexity index is 814. The number of esters is 1. The topological polar surface area (TPSA) is 117 Å². The standard InChI is InChI=1S/C17H20N2O7S2/c1-10(20)19(12-5-4-6-25-12)13-14(22)18-7-16(15(23)24,8-26-11(2)21)9-28-17(13,18)27-3/h4-6,13H,7-9H2,1-3H3,(H,23,24)/t13?,16?,17-/m1/s1. The fourth-order valence-corrected chi connectivity index (χ4v) is 6.33. The number of carboxylic acids is 1. The minimum atomic E-state index is -1.40. The fourth-order valence-electron chi connectivity index (χ4n) is 3.42. The largest absolute Gasteiger partial charge is 0.481 e. The van der Waals surface area contributed by atoms with Crippen molar-refractivity contribution in [1.82, 2.24) is 4.90 Å². The Morgan fingerprint density at radius 1 is 1.46 bits per heavy atom. The van der Waals surface area contributed by atoms with Crippen LogP contribution in [-0.2, 0) is 23.9 Å². The summed E-state index contributed by atoms with van der Waals surface area (Å²) in [5.41, 5.74) is -1.40. The van der Waals surface area contributed by atoms with Crippen LogP contribution in [0.2, 0.25) is 0 Å². The summed E-state index contributed by atoms with van der Waals surface area (Å²) in [4.78, 5) is 51.2. The first-order valence-corrected chi connectivity index (χ1v) is 10.6. The van der Waals surface area contributed by atoms with E-state index in [9.17, 15) is 24.3 Å². The summed E-state index contributed by atoms with van der Waals surface area (Å²) in [6, 6.07) is 2.40. The van der Waals surface area contributed by atoms with Crippen LogP contribution in [0.1, 0.15) is 13.8 Å². The molecule has 0 bridgehead atoms. The molecule has 152 valence electrons. The second kappa shape index (κ2) is 7.36. The number of carboxylic acid groups (broad SMARTS) is 1. The molecule has 11 heteroatoms. The Hall–Kier alpha value is -2.14. The third-order valence-electron chi connectivity index (χ3n) is 4.88. The van der Waals surface area contributed by atoms with Crippen molar-refractivity contribution < 1.29 is 33.4 Å². The third-order valence-corrected chi connectivity index (χ3v) is 8.31. The molecule has 0 saturated carbocycles. The number of thioether (sulfide) groups is 2. The van der Waals surface area contributed by atoms with Gasteiger partial charge in [-0.25, -0.2) is 0 Å². The molecule has 2 aliphatic heterocycles. The van der Waals surface area contributed by atoms with E-state index in [2.05, 4.69) is 0 Å². The number of rotatable bonds is 6. The number of hydrogen-bond donors (Lipinski definition) is 1. The molecule has 1 aromatic rings. The van der Waals surface area contributed by atoms with Crippen molar-refractivity contribution in [2.24, 2.45) is 5.41 Å². The lowest BCUT2D eigenvalue weighted by atomic mass is 9.87. The molecular formula is C17H20N2O7S2. The van der Waals surface area contributed by atoms with Crippen LogP contribution in [0.5, 0.6) is 0 Å². The summed E-state index contributed by atoms with van der Waals surface area (Å²) in [6.07, 6.45) is 3.22. The highest BCUT2D eigenvalue weighted by Gasteiger charge is 2.69. The Kier molecular flexibility index (Phi) is 5.41. The molecule has 0 aromatic carbocycles. The van der Waals surface area contributed by atoms with Gasteiger partial charge in [-0.2, -0.15) is 0 Å². The van der Waals surface area contributed by atoms with Gasteiger partial charge in [-0.3, -0.25) is 24.1 Å². The van der Waals surface area contributed by atoms with E-state index in [-0.39, 0.29) is 36.6 Å². The molecule has 28 heavy (non-hydrogen) atoms. The maximum absolute atomic E-state index is 13.0. The lowest BCUT2D eigenvalue weighted by Crippen LogP contribution is -2.80. The number of anilines is 1. The molecule has 0 radical (unpaired) electrons. The van der Waals surface area contributed by atoms with Crippen LogP contribution in [0.15, 0.2) is 22.8 Å². The van der Waals surface area contributed by atoms with Gasteiger partial charge in [0.15, 0.2) is 10.2 Å². The number of amides is 2. The number of furan rings is 1. The first-order valence-electron chi connectivity index (χ1n) is 8.39. The van der Waals surface area contributed by atoms with E-state index < -0.39 is 27.6 Å². The monoisotopic (exact) mass is 428 g/mol. The number of carbonyl (C=O) groups is 4. The smallest absolute Gasteiger partial charge is 0.315 e. The molecule has 2 fully saturated rings. The van der Waals surface area contributed by atoms with Crippen LogP contribution < -0.4 is 4.90 Å². The zero-order valence-corrected chi connectivity index (χ0v) is 17.2. The highest BCUT2D eigenvalue weighted by molar-refractivity contribution is 8.18. The summed E-state index contributed by atoms with van der Waals surface area (Å²) in [7, 11) is 0. The molecule has 2 aliphatic rings. The van der Waals surface area contributed by atoms with Crippen LogP contribution in [-0.4, -0.2) is 69.2 Å². The van der Waals surface area contributed by atoms with Crippen LogP contribution in [0.25, 0.3) is 0 Å². The molecule has 0 spiro atoms. The average Bonchev–Trinajstić information content (AvgIpc) is 3.17. The van der Waals surface area contributed by atoms with Crippen molar-refractivity contribution >= 4 is 53.2 Å². The summed E-state index contributed by atoms with van der Waals surface area (Å²) in [5, 5.41) is 9.76. The molecule has 2 saturated heterocycles. The van der Waals surface area contributed by atoms with Crippen LogP contribution in [0, 0.1) is 5.41 Å². The number of carbonyl (C=O) groups excluding carboxylic acids is 3. The summed E-state index contributed by atoms with van der Waals surface area (Å²) >= 11 is 2.63. The van der Waals surface area contributed by atoms with Gasteiger partial charge in [0.05, 0.1) is 6.26 Å². The molecule has 1 N–H and O–H groups in total. The second-order valence-corrected chi connectivity index (χ2v) is 9.15. The highest BCUT2D eigenvalue weighted by Crippen LogP contribution is 2.57. The van der Waals surface area contributed by atoms with Gasteiger partial charge in [0.2, 0.25) is 11.8 Å². The number of ether oxygens (including phenoxy) is 1. The minimum Gasteiger partial charge on any atom is -0.481 e. The number of fused-ring (bicyclic) bond motifs is 1. The summed E-state index contributed by atoms with van der Waals surface area (Å²) in [5.74, 6) is -2.06. The number of aliphatic carboxylic acids is 1. The SMILES string of the molecule is CS[C@]12SCC(COC(C)=O)(C(=O)O)CN1C(=O)C2N(C(C)=O)c1ccco1. The molecule has 3 rings (SSSR count). The van der Waals surface area contributed by atoms with Gasteiger partial charge >= 0.3 is 11.9 Å². The van der Waals surface area contributed by atoms with Crippen molar-refractivity contribution in [3.05, 3.63) is 18.4 Å². The normalized spacial score (nSPS) is 28.9. The van der Waals surface area contributed by atoms with Gasteiger partial charge in [-0.1, -0.05) is 0 Å². The Labute approximate surface area is 169 Å². The van der Waals surface area contributed by atoms with E-state index in [1.54, 1.807) is 18.4 Å². The number of β-lactam (4-membered cyclic amide) rings is 1. The Balaban J connectivity index is 1.92. The van der Waals surface area contributed by atoms with E-state index in [4.69, 9.17) is 9.15 Å². The first-order chi connectivity index (χ1) is 13.2. The van der Waals surface area contributed by atoms with E-state index in [1.807, 2.05) is 0 Å². The van der Waals surface area contributed by atoms with Crippen molar-refractivity contribution in [3.63, 3.8) is 0 Å². The van der Waals surface area contributed by atoms with E-state index >= 15 is 0 Å². The fraction of sp³-hybridized carbons (Fsp3) is 0.529. The lowest BCUT2D eigenvalue weighted by molar-refractivity contribution is -0.165. The third kappa shape index (κ3) is 3.06. The molecule has 1 aromatic heterocycles. The van der Waals surface area contributed by atoms with Crippen LogP contribution in [0.3, 0.4) is 0 Å². The molecule has 9 nitrogen and oxygen atoms in total.